The van der Waals surface area contributed by atoms with Crippen LogP contribution in [0.3, 0.4) is 0 Å². The Kier molecular flexibility index (Phi) is 2.75. The highest BCUT2D eigenvalue weighted by atomic mass is 14.6. The first-order valence-electron chi connectivity index (χ1n) is 4.61. The molecular weight excluding hydrogens is 148 g/mol. The first kappa shape index (κ1) is 9.12. The molecule has 2 nitrogen and oxygen atoms in total. The van der Waals surface area contributed by atoms with Crippen molar-refractivity contribution < 1.29 is 0 Å². The van der Waals surface area contributed by atoms with E-state index < -0.39 is 0 Å². The predicted molar refractivity (Wildman–Crippen MR) is 49.1 cm³/mol. The van der Waals surface area contributed by atoms with Gasteiger partial charge in [0.15, 0.2) is 0 Å². The van der Waals surface area contributed by atoms with Crippen molar-refractivity contribution in [3.05, 3.63) is 11.8 Å². The summed E-state index contributed by atoms with van der Waals surface area (Å²) in [5.74, 6) is 0. The second-order valence-electron chi connectivity index (χ2n) is 3.57. The third-order valence-corrected chi connectivity index (χ3v) is 3.07. The predicted octanol–water partition coefficient (Wildman–Crippen LogP) is 2.32. The van der Waals surface area contributed by atoms with Crippen LogP contribution in [0.15, 0.2) is 11.8 Å². The molecule has 0 aromatic carbocycles. The van der Waals surface area contributed by atoms with Crippen LogP contribution in [-0.4, -0.2) is 0 Å². The lowest BCUT2D eigenvalue weighted by Gasteiger charge is -2.27. The summed E-state index contributed by atoms with van der Waals surface area (Å²) >= 11 is 0. The van der Waals surface area contributed by atoms with Crippen LogP contribution in [0.25, 0.3) is 0 Å². The molecule has 1 aliphatic carbocycles. The van der Waals surface area contributed by atoms with Crippen molar-refractivity contribution in [2.24, 2.45) is 11.1 Å². The van der Waals surface area contributed by atoms with Crippen LogP contribution >= 0.6 is 0 Å². The van der Waals surface area contributed by atoms with Crippen LogP contribution in [0.4, 0.5) is 0 Å². The van der Waals surface area contributed by atoms with Gasteiger partial charge in [0.1, 0.15) is 0 Å². The number of hydrogen-bond donors (Lipinski definition) is 1. The first-order chi connectivity index (χ1) is 5.75. The van der Waals surface area contributed by atoms with Crippen LogP contribution in [0.2, 0.25) is 0 Å². The van der Waals surface area contributed by atoms with Gasteiger partial charge in [0.05, 0.1) is 6.07 Å². The second-order valence-corrected chi connectivity index (χ2v) is 3.57. The van der Waals surface area contributed by atoms with E-state index in [4.69, 9.17) is 11.0 Å². The zero-order valence-corrected chi connectivity index (χ0v) is 7.64. The number of nitrogens with zero attached hydrogens (tertiary/aromatic N) is 1. The molecule has 0 bridgehead atoms. The molecule has 0 saturated heterocycles. The van der Waals surface area contributed by atoms with Gasteiger partial charge in [-0.2, -0.15) is 5.26 Å². The van der Waals surface area contributed by atoms with Gasteiger partial charge in [-0.25, -0.2) is 0 Å². The minimum atomic E-state index is 0.162. The van der Waals surface area contributed by atoms with E-state index in [1.165, 1.54) is 18.9 Å². The molecule has 1 fully saturated rings. The van der Waals surface area contributed by atoms with Crippen molar-refractivity contribution in [2.75, 3.05) is 0 Å². The minimum absolute atomic E-state index is 0.162. The first-order valence-corrected chi connectivity index (χ1v) is 4.61. The third kappa shape index (κ3) is 1.45. The van der Waals surface area contributed by atoms with Gasteiger partial charge in [0.2, 0.25) is 0 Å². The molecule has 1 rings (SSSR count). The van der Waals surface area contributed by atoms with Crippen LogP contribution in [0.5, 0.6) is 0 Å². The summed E-state index contributed by atoms with van der Waals surface area (Å²) < 4.78 is 0. The van der Waals surface area contributed by atoms with Gasteiger partial charge in [0.25, 0.3) is 0 Å². The van der Waals surface area contributed by atoms with Crippen molar-refractivity contribution in [3.8, 4) is 6.07 Å². The maximum atomic E-state index is 8.50. The summed E-state index contributed by atoms with van der Waals surface area (Å²) in [6, 6.07) is 2.02. The van der Waals surface area contributed by atoms with E-state index in [0.29, 0.717) is 0 Å². The highest BCUT2D eigenvalue weighted by Crippen LogP contribution is 2.44. The van der Waals surface area contributed by atoms with E-state index in [2.05, 4.69) is 6.92 Å². The zero-order chi connectivity index (χ0) is 9.03. The number of allylic oxidation sites excluding steroid dienone is 2. The van der Waals surface area contributed by atoms with Crippen molar-refractivity contribution >= 4 is 0 Å². The largest absolute Gasteiger partial charge is 0.401 e. The van der Waals surface area contributed by atoms with E-state index in [9.17, 15) is 0 Å². The fraction of sp³-hybridized carbons (Fsp3) is 0.700. The molecule has 12 heavy (non-hydrogen) atoms. The fourth-order valence-corrected chi connectivity index (χ4v) is 2.12. The zero-order valence-electron chi connectivity index (χ0n) is 7.64. The van der Waals surface area contributed by atoms with E-state index in [1.54, 1.807) is 0 Å². The standard InChI is InChI=1S/C10H16N2/c1-2-10(6-3-4-7-10)9(12)5-8-11/h5H,2-4,6-7,12H2,1H3. The molecule has 0 spiro atoms. The molecule has 2 N–H and O–H groups in total. The Morgan fingerprint density at radius 2 is 2.17 bits per heavy atom. The smallest absolute Gasteiger partial charge is 0.0930 e. The van der Waals surface area contributed by atoms with Gasteiger partial charge in [-0.15, -0.1) is 0 Å². The summed E-state index contributed by atoms with van der Waals surface area (Å²) in [6.45, 7) is 2.16. The molecule has 0 radical (unpaired) electrons. The van der Waals surface area contributed by atoms with E-state index in [1.807, 2.05) is 6.07 Å². The third-order valence-electron chi connectivity index (χ3n) is 3.07. The number of rotatable bonds is 2. The van der Waals surface area contributed by atoms with Crippen molar-refractivity contribution in [1.29, 1.82) is 5.26 Å². The maximum Gasteiger partial charge on any atom is 0.0930 e. The van der Waals surface area contributed by atoms with Gasteiger partial charge < -0.3 is 5.73 Å². The second kappa shape index (κ2) is 3.62. The number of nitriles is 1. The van der Waals surface area contributed by atoms with Crippen molar-refractivity contribution in [2.45, 2.75) is 39.0 Å². The lowest BCUT2D eigenvalue weighted by molar-refractivity contribution is 0.349. The molecular formula is C10H16N2. The molecule has 66 valence electrons. The summed E-state index contributed by atoms with van der Waals surface area (Å²) in [5, 5.41) is 8.50. The van der Waals surface area contributed by atoms with Gasteiger partial charge in [-0.3, -0.25) is 0 Å². The van der Waals surface area contributed by atoms with E-state index in [0.717, 1.165) is 25.0 Å². The lowest BCUT2D eigenvalue weighted by Crippen LogP contribution is -2.23. The Hall–Kier alpha value is -0.970. The molecule has 0 aliphatic heterocycles. The quantitative estimate of drug-likeness (QED) is 0.637. The van der Waals surface area contributed by atoms with Gasteiger partial charge in [-0.1, -0.05) is 19.8 Å². The molecule has 1 aliphatic rings. The Balaban J connectivity index is 2.80. The highest BCUT2D eigenvalue weighted by Gasteiger charge is 2.34. The maximum absolute atomic E-state index is 8.50. The van der Waals surface area contributed by atoms with Crippen LogP contribution in [-0.2, 0) is 0 Å². The summed E-state index contributed by atoms with van der Waals surface area (Å²) in [7, 11) is 0. The molecule has 2 heteroatoms. The Bertz CT molecular complexity index is 216. The summed E-state index contributed by atoms with van der Waals surface area (Å²) in [4.78, 5) is 0. The van der Waals surface area contributed by atoms with E-state index >= 15 is 0 Å². The SMILES string of the molecule is CCC1(C(N)=CC#N)CCCC1. The normalized spacial score (nSPS) is 22.2. The highest BCUT2D eigenvalue weighted by molar-refractivity contribution is 5.19. The number of hydrogen-bond acceptors (Lipinski definition) is 2. The molecule has 1 saturated carbocycles. The molecule has 0 heterocycles. The average Bonchev–Trinajstić information content (AvgIpc) is 2.54. The molecule has 0 atom stereocenters. The average molecular weight is 164 g/mol. The van der Waals surface area contributed by atoms with E-state index in [-0.39, 0.29) is 5.41 Å². The Morgan fingerprint density at radius 1 is 1.58 bits per heavy atom. The fourth-order valence-electron chi connectivity index (χ4n) is 2.12. The van der Waals surface area contributed by atoms with Crippen molar-refractivity contribution in [1.82, 2.24) is 0 Å². The van der Waals surface area contributed by atoms with Gasteiger partial charge in [0, 0.05) is 17.2 Å². The van der Waals surface area contributed by atoms with Crippen LogP contribution < -0.4 is 5.73 Å². The number of nitrogens with two attached hydrogens (primary N) is 1. The molecule has 0 amide bonds. The Morgan fingerprint density at radius 3 is 2.58 bits per heavy atom. The van der Waals surface area contributed by atoms with Gasteiger partial charge >= 0.3 is 0 Å². The van der Waals surface area contributed by atoms with Crippen LogP contribution in [0.1, 0.15) is 39.0 Å². The molecule has 0 aromatic heterocycles. The Labute approximate surface area is 74.1 Å². The van der Waals surface area contributed by atoms with Crippen LogP contribution in [0, 0.1) is 16.7 Å². The molecule has 0 aromatic rings. The minimum Gasteiger partial charge on any atom is -0.401 e. The lowest BCUT2D eigenvalue weighted by atomic mass is 9.80. The molecule has 0 unspecified atom stereocenters. The van der Waals surface area contributed by atoms with Gasteiger partial charge in [-0.05, 0) is 19.3 Å². The summed E-state index contributed by atoms with van der Waals surface area (Å²) in [6.07, 6.45) is 7.41. The summed E-state index contributed by atoms with van der Waals surface area (Å²) in [5.41, 5.74) is 6.83. The topological polar surface area (TPSA) is 49.8 Å². The van der Waals surface area contributed by atoms with Crippen molar-refractivity contribution in [3.63, 3.8) is 0 Å². The monoisotopic (exact) mass is 164 g/mol.